The van der Waals surface area contributed by atoms with Gasteiger partial charge in [-0.1, -0.05) is 6.07 Å². The lowest BCUT2D eigenvalue weighted by atomic mass is 10.1. The molecule has 0 aliphatic rings. The molecule has 1 N–H and O–H groups in total. The van der Waals surface area contributed by atoms with Crippen LogP contribution in [0.3, 0.4) is 0 Å². The quantitative estimate of drug-likeness (QED) is 0.644. The van der Waals surface area contributed by atoms with Gasteiger partial charge in [-0.2, -0.15) is 11.8 Å². The van der Waals surface area contributed by atoms with Gasteiger partial charge in [0, 0.05) is 19.2 Å². The summed E-state index contributed by atoms with van der Waals surface area (Å²) in [7, 11) is 1.63. The number of nitrogens with zero attached hydrogens (tertiary/aromatic N) is 2. The van der Waals surface area contributed by atoms with Gasteiger partial charge in [0.25, 0.3) is 5.91 Å². The standard InChI is InChI=1S/C13H18N2O4S/c1-9(7-8-20-3)14(2)13(17)10-5-4-6-11(12(10)16)15(18)19/h4-6,9,16H,7-8H2,1-3H3. The van der Waals surface area contributed by atoms with Crippen molar-refractivity contribution >= 4 is 23.4 Å². The van der Waals surface area contributed by atoms with Crippen LogP contribution in [-0.2, 0) is 0 Å². The highest BCUT2D eigenvalue weighted by Gasteiger charge is 2.25. The van der Waals surface area contributed by atoms with Crippen LogP contribution < -0.4 is 0 Å². The van der Waals surface area contributed by atoms with E-state index in [2.05, 4.69) is 0 Å². The second-order valence-corrected chi connectivity index (χ2v) is 5.46. The third kappa shape index (κ3) is 3.63. The normalized spacial score (nSPS) is 11.9. The Morgan fingerprint density at radius 3 is 2.75 bits per heavy atom. The maximum atomic E-state index is 12.3. The Hall–Kier alpha value is -1.76. The Morgan fingerprint density at radius 2 is 2.20 bits per heavy atom. The fraction of sp³-hybridized carbons (Fsp3) is 0.462. The zero-order valence-corrected chi connectivity index (χ0v) is 12.5. The van der Waals surface area contributed by atoms with Crippen molar-refractivity contribution in [1.82, 2.24) is 4.90 Å². The van der Waals surface area contributed by atoms with Crippen LogP contribution in [0, 0.1) is 10.1 Å². The molecular formula is C13H18N2O4S. The highest BCUT2D eigenvalue weighted by atomic mass is 32.2. The van der Waals surface area contributed by atoms with Crippen LogP contribution in [0.15, 0.2) is 18.2 Å². The number of nitro benzene ring substituents is 1. The lowest BCUT2D eigenvalue weighted by Crippen LogP contribution is -2.35. The highest BCUT2D eigenvalue weighted by molar-refractivity contribution is 7.98. The van der Waals surface area contributed by atoms with Gasteiger partial charge in [0.2, 0.25) is 5.75 Å². The molecule has 0 radical (unpaired) electrons. The number of hydrogen-bond donors (Lipinski definition) is 1. The molecule has 1 aromatic carbocycles. The van der Waals surface area contributed by atoms with Gasteiger partial charge in [0.1, 0.15) is 0 Å². The van der Waals surface area contributed by atoms with E-state index in [0.717, 1.165) is 12.2 Å². The van der Waals surface area contributed by atoms with E-state index in [9.17, 15) is 20.0 Å². The molecule has 20 heavy (non-hydrogen) atoms. The van der Waals surface area contributed by atoms with Crippen molar-refractivity contribution in [2.75, 3.05) is 19.1 Å². The van der Waals surface area contributed by atoms with Crippen molar-refractivity contribution in [3.63, 3.8) is 0 Å². The van der Waals surface area contributed by atoms with Gasteiger partial charge in [-0.05, 0) is 31.4 Å². The lowest BCUT2D eigenvalue weighted by Gasteiger charge is -2.25. The molecule has 0 spiro atoms. The summed E-state index contributed by atoms with van der Waals surface area (Å²) in [6, 6.07) is 3.95. The fourth-order valence-electron chi connectivity index (χ4n) is 1.72. The van der Waals surface area contributed by atoms with Gasteiger partial charge in [0.05, 0.1) is 10.5 Å². The molecular weight excluding hydrogens is 280 g/mol. The maximum absolute atomic E-state index is 12.3. The number of phenolic OH excluding ortho intramolecular Hbond substituents is 1. The topological polar surface area (TPSA) is 83.7 Å². The fourth-order valence-corrected chi connectivity index (χ4v) is 2.30. The van der Waals surface area contributed by atoms with E-state index in [1.165, 1.54) is 23.1 Å². The number of nitro groups is 1. The summed E-state index contributed by atoms with van der Waals surface area (Å²) in [5.41, 5.74) is -0.501. The molecule has 1 unspecified atom stereocenters. The first-order valence-electron chi connectivity index (χ1n) is 6.12. The van der Waals surface area contributed by atoms with Crippen molar-refractivity contribution < 1.29 is 14.8 Å². The molecule has 0 saturated carbocycles. The summed E-state index contributed by atoms with van der Waals surface area (Å²) >= 11 is 1.69. The van der Waals surface area contributed by atoms with Crippen LogP contribution in [0.1, 0.15) is 23.7 Å². The summed E-state index contributed by atoms with van der Waals surface area (Å²) in [5.74, 6) is -0.0779. The van der Waals surface area contributed by atoms with E-state index in [1.807, 2.05) is 13.2 Å². The second kappa shape index (κ2) is 7.14. The zero-order valence-electron chi connectivity index (χ0n) is 11.7. The largest absolute Gasteiger partial charge is 0.502 e. The summed E-state index contributed by atoms with van der Waals surface area (Å²) in [6.45, 7) is 1.91. The second-order valence-electron chi connectivity index (χ2n) is 4.48. The Balaban J connectivity index is 2.97. The Morgan fingerprint density at radius 1 is 1.55 bits per heavy atom. The minimum atomic E-state index is -0.705. The van der Waals surface area contributed by atoms with E-state index >= 15 is 0 Å². The van der Waals surface area contributed by atoms with Gasteiger partial charge in [-0.3, -0.25) is 14.9 Å². The first-order chi connectivity index (χ1) is 9.40. The van der Waals surface area contributed by atoms with Crippen LogP contribution in [0.5, 0.6) is 5.75 Å². The van der Waals surface area contributed by atoms with E-state index in [4.69, 9.17) is 0 Å². The average Bonchev–Trinajstić information content (AvgIpc) is 2.43. The minimum Gasteiger partial charge on any atom is -0.502 e. The zero-order chi connectivity index (χ0) is 15.3. The number of carbonyl (C=O) groups is 1. The van der Waals surface area contributed by atoms with Crippen LogP contribution in [0.2, 0.25) is 0 Å². The molecule has 0 saturated heterocycles. The highest BCUT2D eigenvalue weighted by Crippen LogP contribution is 2.30. The molecule has 6 nitrogen and oxygen atoms in total. The van der Waals surface area contributed by atoms with Crippen LogP contribution in [-0.4, -0.2) is 45.9 Å². The summed E-state index contributed by atoms with van der Waals surface area (Å²) in [6.07, 6.45) is 2.81. The monoisotopic (exact) mass is 298 g/mol. The number of hydrogen-bond acceptors (Lipinski definition) is 5. The molecule has 0 aliphatic heterocycles. The van der Waals surface area contributed by atoms with Crippen molar-refractivity contribution in [2.45, 2.75) is 19.4 Å². The van der Waals surface area contributed by atoms with Crippen molar-refractivity contribution in [1.29, 1.82) is 0 Å². The van der Waals surface area contributed by atoms with E-state index < -0.39 is 22.3 Å². The molecule has 110 valence electrons. The average molecular weight is 298 g/mol. The first-order valence-corrected chi connectivity index (χ1v) is 7.52. The SMILES string of the molecule is CSCCC(C)N(C)C(=O)c1cccc([N+](=O)[O-])c1O. The third-order valence-corrected chi connectivity index (χ3v) is 3.81. The number of rotatable bonds is 6. The minimum absolute atomic E-state index is 0.00591. The molecule has 1 aromatic rings. The molecule has 0 aliphatic carbocycles. The van der Waals surface area contributed by atoms with E-state index in [1.54, 1.807) is 18.8 Å². The summed E-state index contributed by atoms with van der Waals surface area (Å²) in [4.78, 5) is 23.8. The van der Waals surface area contributed by atoms with Crippen molar-refractivity contribution in [2.24, 2.45) is 0 Å². The first kappa shape index (κ1) is 16.3. The molecule has 1 atom stereocenters. The summed E-state index contributed by atoms with van der Waals surface area (Å²) < 4.78 is 0. The molecule has 0 heterocycles. The molecule has 7 heteroatoms. The number of thioether (sulfide) groups is 1. The predicted octanol–water partition coefficient (Wildman–Crippen LogP) is 2.51. The van der Waals surface area contributed by atoms with Gasteiger partial charge in [0.15, 0.2) is 0 Å². The Bertz CT molecular complexity index is 507. The maximum Gasteiger partial charge on any atom is 0.311 e. The van der Waals surface area contributed by atoms with Gasteiger partial charge in [-0.15, -0.1) is 0 Å². The molecule has 0 bridgehead atoms. The van der Waals surface area contributed by atoms with Crippen LogP contribution in [0.4, 0.5) is 5.69 Å². The van der Waals surface area contributed by atoms with Gasteiger partial charge >= 0.3 is 5.69 Å². The smallest absolute Gasteiger partial charge is 0.311 e. The Labute approximate surface area is 121 Å². The number of benzene rings is 1. The summed E-state index contributed by atoms with van der Waals surface area (Å²) in [5, 5.41) is 20.6. The molecule has 1 amide bonds. The number of aromatic hydroxyl groups is 1. The lowest BCUT2D eigenvalue weighted by molar-refractivity contribution is -0.385. The van der Waals surface area contributed by atoms with Crippen LogP contribution >= 0.6 is 11.8 Å². The van der Waals surface area contributed by atoms with Crippen molar-refractivity contribution in [3.8, 4) is 5.75 Å². The van der Waals surface area contributed by atoms with Gasteiger partial charge < -0.3 is 10.0 Å². The van der Waals surface area contributed by atoms with Crippen molar-refractivity contribution in [3.05, 3.63) is 33.9 Å². The number of amides is 1. The predicted molar refractivity (Wildman–Crippen MR) is 79.3 cm³/mol. The van der Waals surface area contributed by atoms with E-state index in [0.29, 0.717) is 0 Å². The third-order valence-electron chi connectivity index (χ3n) is 3.16. The number of para-hydroxylation sites is 1. The van der Waals surface area contributed by atoms with Gasteiger partial charge in [-0.25, -0.2) is 0 Å². The molecule has 1 rings (SSSR count). The van der Waals surface area contributed by atoms with Crippen LogP contribution in [0.25, 0.3) is 0 Å². The Kier molecular flexibility index (Phi) is 5.82. The van der Waals surface area contributed by atoms with E-state index in [-0.39, 0.29) is 11.6 Å². The molecule has 0 fully saturated rings. The molecule has 0 aromatic heterocycles. The number of phenols is 1. The number of carbonyl (C=O) groups excluding carboxylic acids is 1.